The van der Waals surface area contributed by atoms with Gasteiger partial charge in [0.2, 0.25) is 0 Å². The van der Waals surface area contributed by atoms with Crippen molar-refractivity contribution >= 4 is 15.9 Å². The summed E-state index contributed by atoms with van der Waals surface area (Å²) in [5.41, 5.74) is 0. The number of hydrogen-bond donors (Lipinski definition) is 1. The van der Waals surface area contributed by atoms with Crippen molar-refractivity contribution in [2.75, 3.05) is 11.9 Å². The van der Waals surface area contributed by atoms with Crippen molar-refractivity contribution < 1.29 is 5.11 Å². The molecule has 0 saturated carbocycles. The quantitative estimate of drug-likeness (QED) is 0.117. The lowest BCUT2D eigenvalue weighted by Gasteiger charge is -1.85. The molecule has 1 nitrogen and oxygen atoms in total. The monoisotopic (exact) mass is 554 g/mol. The lowest BCUT2D eigenvalue weighted by atomic mass is 10.2. The van der Waals surface area contributed by atoms with E-state index in [0.29, 0.717) is 0 Å². The average molecular weight is 556 g/mol. The lowest BCUT2D eigenvalue weighted by molar-refractivity contribution is 0.342. The molecule has 0 aromatic heterocycles. The summed E-state index contributed by atoms with van der Waals surface area (Å²) in [6.07, 6.45) is 53.5. The Labute approximate surface area is 232 Å². The minimum Gasteiger partial charge on any atom is -0.392 e. The number of rotatable bonds is 20. The third-order valence-corrected chi connectivity index (χ3v) is 4.88. The Bertz CT molecular complexity index is 589. The fraction of sp³-hybridized carbons (Fsp3) is 0.412. The van der Waals surface area contributed by atoms with Crippen molar-refractivity contribution in [3.05, 3.63) is 122 Å². The van der Waals surface area contributed by atoms with Crippen molar-refractivity contribution in [3.8, 4) is 0 Å². The van der Waals surface area contributed by atoms with Crippen LogP contribution in [0.1, 0.15) is 78.1 Å². The summed E-state index contributed by atoms with van der Waals surface area (Å²) >= 11 is 3.35. The maximum Gasteiger partial charge on any atom is 0.0612 e. The minimum absolute atomic E-state index is 0.132. The molecule has 0 saturated heterocycles. The molecular weight excluding hydrogens is 504 g/mol. The molecule has 0 aliphatic heterocycles. The molecule has 0 atom stereocenters. The number of allylic oxidation sites excluding steroid dienone is 19. The van der Waals surface area contributed by atoms with Crippen LogP contribution in [-0.2, 0) is 0 Å². The number of aliphatic hydroxyl groups is 1. The maximum atomic E-state index is 8.52. The number of halogens is 1. The highest BCUT2D eigenvalue weighted by Crippen LogP contribution is 1.97. The van der Waals surface area contributed by atoms with Gasteiger partial charge in [-0.3, -0.25) is 0 Å². The third kappa shape index (κ3) is 39.1. The van der Waals surface area contributed by atoms with Gasteiger partial charge in [0.1, 0.15) is 0 Å². The van der Waals surface area contributed by atoms with Crippen LogP contribution < -0.4 is 0 Å². The Hall–Kier alpha value is -2.16. The molecule has 0 aromatic carbocycles. The zero-order valence-corrected chi connectivity index (χ0v) is 24.4. The molecule has 0 fully saturated rings. The van der Waals surface area contributed by atoms with Crippen LogP contribution in [0.25, 0.3) is 0 Å². The summed E-state index contributed by atoms with van der Waals surface area (Å²) in [6, 6.07) is 0. The van der Waals surface area contributed by atoms with Gasteiger partial charge in [-0.2, -0.15) is 0 Å². The highest BCUT2D eigenvalue weighted by molar-refractivity contribution is 9.09. The Kier molecular flexibility index (Phi) is 37.4. The van der Waals surface area contributed by atoms with Gasteiger partial charge in [0.15, 0.2) is 0 Å². The molecule has 200 valence electrons. The van der Waals surface area contributed by atoms with Crippen LogP contribution in [0.5, 0.6) is 0 Å². The summed E-state index contributed by atoms with van der Waals surface area (Å²) in [5, 5.41) is 9.47. The zero-order valence-electron chi connectivity index (χ0n) is 22.9. The second-order valence-corrected chi connectivity index (χ2v) is 8.40. The highest BCUT2D eigenvalue weighted by Gasteiger charge is 1.76. The van der Waals surface area contributed by atoms with Crippen LogP contribution in [0.4, 0.5) is 0 Å². The largest absolute Gasteiger partial charge is 0.392 e. The van der Waals surface area contributed by atoms with Gasteiger partial charge in [0.05, 0.1) is 6.61 Å². The zero-order chi connectivity index (χ0) is 26.6. The molecule has 0 spiro atoms. The molecule has 0 radical (unpaired) electrons. The first-order chi connectivity index (χ1) is 17.8. The minimum atomic E-state index is 0.132. The molecule has 0 amide bonds. The first-order valence-electron chi connectivity index (χ1n) is 13.5. The Balaban J connectivity index is 0. The first-order valence-corrected chi connectivity index (χ1v) is 14.6. The standard InChI is InChI=1S/C17H25Br.C17H26O/c2*1-2-3-4-5-6-7-8-9-10-11-12-13-14-15-16-17-18/h3-4,6-7,9-10,12-13,15-16H,2,5,8,11,14,17H2,1H3;3-4,6-7,9-10,12-13,15-16,18H,2,5,8,11,14,17H2,1H3/b2*4-3-,7-6-,10-9-,13-12-,16-15-. The fourth-order valence-corrected chi connectivity index (χ4v) is 2.90. The van der Waals surface area contributed by atoms with Crippen molar-refractivity contribution in [2.45, 2.75) is 78.1 Å². The van der Waals surface area contributed by atoms with E-state index in [-0.39, 0.29) is 6.61 Å². The summed E-state index contributed by atoms with van der Waals surface area (Å²) in [7, 11) is 0. The van der Waals surface area contributed by atoms with Crippen molar-refractivity contribution in [1.82, 2.24) is 0 Å². The Morgan fingerprint density at radius 1 is 0.361 bits per heavy atom. The normalized spacial score (nSPS) is 13.2. The average Bonchev–Trinajstić information content (AvgIpc) is 2.89. The maximum absolute atomic E-state index is 8.52. The van der Waals surface area contributed by atoms with Gasteiger partial charge in [-0.05, 0) is 64.2 Å². The molecular formula is C34H51BrO. The Morgan fingerprint density at radius 3 is 0.806 bits per heavy atom. The lowest BCUT2D eigenvalue weighted by Crippen LogP contribution is -1.69. The van der Waals surface area contributed by atoms with E-state index < -0.39 is 0 Å². The van der Waals surface area contributed by atoms with Crippen molar-refractivity contribution in [3.63, 3.8) is 0 Å². The van der Waals surface area contributed by atoms with Gasteiger partial charge >= 0.3 is 0 Å². The molecule has 0 aliphatic carbocycles. The van der Waals surface area contributed by atoms with Crippen LogP contribution in [0.2, 0.25) is 0 Å². The predicted octanol–water partition coefficient (Wildman–Crippen LogP) is 10.9. The number of hydrogen-bond acceptors (Lipinski definition) is 1. The van der Waals surface area contributed by atoms with Gasteiger partial charge in [0.25, 0.3) is 0 Å². The molecule has 2 heteroatoms. The number of alkyl halides is 1. The second-order valence-electron chi connectivity index (χ2n) is 7.75. The summed E-state index contributed by atoms with van der Waals surface area (Å²) in [5.74, 6) is 0. The van der Waals surface area contributed by atoms with Crippen LogP contribution in [0.15, 0.2) is 122 Å². The molecule has 36 heavy (non-hydrogen) atoms. The smallest absolute Gasteiger partial charge is 0.0612 e. The predicted molar refractivity (Wildman–Crippen MR) is 170 cm³/mol. The van der Waals surface area contributed by atoms with Gasteiger partial charge in [-0.1, -0.05) is 151 Å². The van der Waals surface area contributed by atoms with Crippen LogP contribution in [0.3, 0.4) is 0 Å². The van der Waals surface area contributed by atoms with E-state index in [0.717, 1.165) is 69.5 Å². The van der Waals surface area contributed by atoms with Crippen molar-refractivity contribution in [2.24, 2.45) is 0 Å². The highest BCUT2D eigenvalue weighted by atomic mass is 79.9. The Morgan fingerprint density at radius 2 is 0.583 bits per heavy atom. The summed E-state index contributed by atoms with van der Waals surface area (Å²) in [6.45, 7) is 4.44. The third-order valence-electron chi connectivity index (χ3n) is 4.51. The topological polar surface area (TPSA) is 20.2 Å². The van der Waals surface area contributed by atoms with Gasteiger partial charge in [0, 0.05) is 5.33 Å². The molecule has 0 aliphatic rings. The number of aliphatic hydroxyl groups excluding tert-OH is 1. The van der Waals surface area contributed by atoms with E-state index in [4.69, 9.17) is 5.11 Å². The van der Waals surface area contributed by atoms with E-state index in [1.165, 1.54) is 0 Å². The summed E-state index contributed by atoms with van der Waals surface area (Å²) < 4.78 is 0. The molecule has 0 aromatic rings. The molecule has 0 bridgehead atoms. The second kappa shape index (κ2) is 37.4. The van der Waals surface area contributed by atoms with Crippen LogP contribution >= 0.6 is 15.9 Å². The summed E-state index contributed by atoms with van der Waals surface area (Å²) in [4.78, 5) is 0. The van der Waals surface area contributed by atoms with E-state index in [1.807, 2.05) is 6.08 Å². The van der Waals surface area contributed by atoms with Gasteiger partial charge < -0.3 is 5.11 Å². The fourth-order valence-electron chi connectivity index (χ4n) is 2.64. The van der Waals surface area contributed by atoms with Gasteiger partial charge in [-0.25, -0.2) is 0 Å². The molecule has 0 unspecified atom stereocenters. The molecule has 0 heterocycles. The SMILES string of the molecule is CC/C=C\C/C=C\C/C=C\C/C=C\C/C=C\CBr.CC/C=C\C/C=C\C/C=C\C/C=C\C/C=C\CO. The van der Waals surface area contributed by atoms with E-state index in [1.54, 1.807) is 6.08 Å². The first kappa shape index (κ1) is 36.0. The van der Waals surface area contributed by atoms with Gasteiger partial charge in [-0.15, -0.1) is 0 Å². The van der Waals surface area contributed by atoms with E-state index in [2.05, 4.69) is 139 Å². The van der Waals surface area contributed by atoms with Crippen LogP contribution in [-0.4, -0.2) is 17.0 Å². The van der Waals surface area contributed by atoms with Crippen LogP contribution in [0, 0.1) is 0 Å². The molecule has 1 N–H and O–H groups in total. The van der Waals surface area contributed by atoms with Crippen molar-refractivity contribution in [1.29, 1.82) is 0 Å². The van der Waals surface area contributed by atoms with E-state index >= 15 is 0 Å². The molecule has 0 rings (SSSR count). The van der Waals surface area contributed by atoms with E-state index in [9.17, 15) is 0 Å².